The second-order valence-electron chi connectivity index (χ2n) is 10.1. The molecule has 1 aliphatic rings. The van der Waals surface area contributed by atoms with Crippen molar-refractivity contribution in [3.8, 4) is 5.75 Å². The Hall–Kier alpha value is -1.55. The van der Waals surface area contributed by atoms with Crippen LogP contribution in [0.3, 0.4) is 0 Å². The molecule has 170 valence electrons. The van der Waals surface area contributed by atoms with Crippen LogP contribution < -0.4 is 15.4 Å². The molecule has 0 bridgehead atoms. The molecule has 0 aliphatic carbocycles. The van der Waals surface area contributed by atoms with Crippen molar-refractivity contribution in [1.82, 2.24) is 10.6 Å². The minimum absolute atomic E-state index is 0.0813. The predicted octanol–water partition coefficient (Wildman–Crippen LogP) is 5.34. The van der Waals surface area contributed by atoms with E-state index in [-0.39, 0.29) is 22.7 Å². The lowest BCUT2D eigenvalue weighted by atomic mass is 9.76. The molecule has 1 amide bonds. The standard InChI is InChI=1S/C26H44N2O2/c1-7-25(3,4)21-11-12-23(22(19-21)26(5,6)8-2)30-18-10-9-15-28-24(29)20-13-16-27-17-14-20/h11-12,19-20,27H,7-10,13-18H2,1-6H3,(H,28,29). The summed E-state index contributed by atoms with van der Waals surface area (Å²) >= 11 is 0. The van der Waals surface area contributed by atoms with Gasteiger partial charge in [-0.2, -0.15) is 0 Å². The van der Waals surface area contributed by atoms with Crippen LogP contribution in [0, 0.1) is 5.92 Å². The number of nitrogens with one attached hydrogen (secondary N) is 2. The Morgan fingerprint density at radius 1 is 1.07 bits per heavy atom. The first kappa shape index (κ1) is 24.7. The van der Waals surface area contributed by atoms with E-state index in [1.807, 2.05) is 0 Å². The molecule has 0 saturated carbocycles. The summed E-state index contributed by atoms with van der Waals surface area (Å²) in [6.45, 7) is 17.0. The van der Waals surface area contributed by atoms with Gasteiger partial charge in [0.1, 0.15) is 5.75 Å². The second kappa shape index (κ2) is 11.2. The normalized spacial score (nSPS) is 15.8. The number of hydrogen-bond donors (Lipinski definition) is 2. The van der Waals surface area contributed by atoms with E-state index in [1.165, 1.54) is 11.1 Å². The molecule has 4 nitrogen and oxygen atoms in total. The largest absolute Gasteiger partial charge is 0.493 e. The Morgan fingerprint density at radius 3 is 2.37 bits per heavy atom. The molecule has 0 aromatic heterocycles. The molecule has 0 atom stereocenters. The molecule has 2 N–H and O–H groups in total. The highest BCUT2D eigenvalue weighted by Crippen LogP contribution is 2.38. The van der Waals surface area contributed by atoms with Crippen LogP contribution in [-0.4, -0.2) is 32.1 Å². The fraction of sp³-hybridized carbons (Fsp3) is 0.731. The van der Waals surface area contributed by atoms with Crippen molar-refractivity contribution < 1.29 is 9.53 Å². The van der Waals surface area contributed by atoms with Crippen LogP contribution in [0.5, 0.6) is 5.75 Å². The van der Waals surface area contributed by atoms with Crippen molar-refractivity contribution in [2.24, 2.45) is 5.92 Å². The van der Waals surface area contributed by atoms with E-state index in [4.69, 9.17) is 4.74 Å². The lowest BCUT2D eigenvalue weighted by molar-refractivity contribution is -0.125. The molecule has 30 heavy (non-hydrogen) atoms. The molecule has 0 unspecified atom stereocenters. The van der Waals surface area contributed by atoms with Crippen molar-refractivity contribution in [3.05, 3.63) is 29.3 Å². The molecule has 1 heterocycles. The minimum atomic E-state index is 0.0813. The maximum absolute atomic E-state index is 12.2. The van der Waals surface area contributed by atoms with Gasteiger partial charge in [0, 0.05) is 18.0 Å². The average molecular weight is 417 g/mol. The van der Waals surface area contributed by atoms with E-state index in [0.717, 1.165) is 63.9 Å². The van der Waals surface area contributed by atoms with Crippen molar-refractivity contribution in [3.63, 3.8) is 0 Å². The lowest BCUT2D eigenvalue weighted by Gasteiger charge is -2.30. The number of unbranched alkanes of at least 4 members (excludes halogenated alkanes) is 1. The quantitative estimate of drug-likeness (QED) is 0.479. The van der Waals surface area contributed by atoms with Crippen LogP contribution >= 0.6 is 0 Å². The smallest absolute Gasteiger partial charge is 0.223 e. The van der Waals surface area contributed by atoms with Gasteiger partial charge in [-0.1, -0.05) is 53.7 Å². The molecular formula is C26H44N2O2. The van der Waals surface area contributed by atoms with Gasteiger partial charge < -0.3 is 15.4 Å². The SMILES string of the molecule is CCC(C)(C)c1ccc(OCCCCNC(=O)C2CCNCC2)c(C(C)(C)CC)c1. The first-order chi connectivity index (χ1) is 14.2. The molecule has 1 aliphatic heterocycles. The third-order valence-electron chi connectivity index (χ3n) is 7.10. The molecule has 1 saturated heterocycles. The van der Waals surface area contributed by atoms with E-state index in [9.17, 15) is 4.79 Å². The number of rotatable bonds is 11. The number of piperidine rings is 1. The second-order valence-corrected chi connectivity index (χ2v) is 10.1. The maximum Gasteiger partial charge on any atom is 0.223 e. The van der Waals surface area contributed by atoms with Gasteiger partial charge in [0.05, 0.1) is 6.61 Å². The van der Waals surface area contributed by atoms with E-state index in [2.05, 4.69) is 70.4 Å². The van der Waals surface area contributed by atoms with Gasteiger partial charge in [-0.05, 0) is 74.1 Å². The monoisotopic (exact) mass is 416 g/mol. The molecule has 2 rings (SSSR count). The maximum atomic E-state index is 12.2. The number of hydrogen-bond acceptors (Lipinski definition) is 3. The van der Waals surface area contributed by atoms with Crippen LogP contribution in [0.1, 0.15) is 91.2 Å². The van der Waals surface area contributed by atoms with Gasteiger partial charge in [0.25, 0.3) is 0 Å². The highest BCUT2D eigenvalue weighted by atomic mass is 16.5. The van der Waals surface area contributed by atoms with Crippen molar-refractivity contribution in [1.29, 1.82) is 0 Å². The van der Waals surface area contributed by atoms with Gasteiger partial charge in [-0.3, -0.25) is 4.79 Å². The minimum Gasteiger partial charge on any atom is -0.493 e. The van der Waals surface area contributed by atoms with E-state index >= 15 is 0 Å². The highest BCUT2D eigenvalue weighted by Gasteiger charge is 2.26. The summed E-state index contributed by atoms with van der Waals surface area (Å²) in [4.78, 5) is 12.2. The summed E-state index contributed by atoms with van der Waals surface area (Å²) in [6.07, 6.45) is 5.99. The summed E-state index contributed by atoms with van der Waals surface area (Å²) < 4.78 is 6.23. The van der Waals surface area contributed by atoms with Gasteiger partial charge in [0.15, 0.2) is 0 Å². The summed E-state index contributed by atoms with van der Waals surface area (Å²) in [5.74, 6) is 1.42. The van der Waals surface area contributed by atoms with Gasteiger partial charge >= 0.3 is 0 Å². The molecule has 1 aromatic carbocycles. The zero-order chi connectivity index (χ0) is 22.2. The molecular weight excluding hydrogens is 372 g/mol. The van der Waals surface area contributed by atoms with Crippen molar-refractivity contribution in [2.75, 3.05) is 26.2 Å². The number of ether oxygens (including phenoxy) is 1. The fourth-order valence-corrected chi connectivity index (χ4v) is 3.85. The topological polar surface area (TPSA) is 50.4 Å². The summed E-state index contributed by atoms with van der Waals surface area (Å²) in [7, 11) is 0. The molecule has 0 spiro atoms. The molecule has 1 fully saturated rings. The zero-order valence-electron chi connectivity index (χ0n) is 20.2. The fourth-order valence-electron chi connectivity index (χ4n) is 3.85. The first-order valence-corrected chi connectivity index (χ1v) is 12.0. The number of benzene rings is 1. The Labute approximate surface area is 184 Å². The van der Waals surface area contributed by atoms with Gasteiger partial charge in [-0.15, -0.1) is 0 Å². The Morgan fingerprint density at radius 2 is 1.73 bits per heavy atom. The Kier molecular flexibility index (Phi) is 9.21. The lowest BCUT2D eigenvalue weighted by Crippen LogP contribution is -2.38. The summed E-state index contributed by atoms with van der Waals surface area (Å²) in [5, 5.41) is 6.41. The number of carbonyl (C=O) groups excluding carboxylic acids is 1. The van der Waals surface area contributed by atoms with Crippen LogP contribution in [0.15, 0.2) is 18.2 Å². The van der Waals surface area contributed by atoms with Crippen LogP contribution in [0.25, 0.3) is 0 Å². The van der Waals surface area contributed by atoms with E-state index < -0.39 is 0 Å². The molecule has 0 radical (unpaired) electrons. The Bertz CT molecular complexity index is 676. The molecule has 1 aromatic rings. The van der Waals surface area contributed by atoms with Gasteiger partial charge in [0.2, 0.25) is 5.91 Å². The van der Waals surface area contributed by atoms with Crippen LogP contribution in [0.4, 0.5) is 0 Å². The Balaban J connectivity index is 1.87. The number of carbonyl (C=O) groups is 1. The third kappa shape index (κ3) is 6.73. The van der Waals surface area contributed by atoms with Crippen molar-refractivity contribution in [2.45, 2.75) is 90.9 Å². The first-order valence-electron chi connectivity index (χ1n) is 12.0. The van der Waals surface area contributed by atoms with E-state index in [1.54, 1.807) is 0 Å². The van der Waals surface area contributed by atoms with Crippen LogP contribution in [-0.2, 0) is 15.6 Å². The average Bonchev–Trinajstić information content (AvgIpc) is 2.76. The predicted molar refractivity (Wildman–Crippen MR) is 126 cm³/mol. The summed E-state index contributed by atoms with van der Waals surface area (Å²) in [6, 6.07) is 6.76. The summed E-state index contributed by atoms with van der Waals surface area (Å²) in [5.41, 5.74) is 2.94. The third-order valence-corrected chi connectivity index (χ3v) is 7.10. The zero-order valence-corrected chi connectivity index (χ0v) is 20.2. The van der Waals surface area contributed by atoms with Crippen LogP contribution in [0.2, 0.25) is 0 Å². The number of amides is 1. The highest BCUT2D eigenvalue weighted by molar-refractivity contribution is 5.78. The van der Waals surface area contributed by atoms with E-state index in [0.29, 0.717) is 6.61 Å². The molecule has 4 heteroatoms. The van der Waals surface area contributed by atoms with Gasteiger partial charge in [-0.25, -0.2) is 0 Å². The van der Waals surface area contributed by atoms with Crippen molar-refractivity contribution >= 4 is 5.91 Å².